The molecule has 5 nitrogen and oxygen atoms in total. The van der Waals surface area contributed by atoms with Crippen molar-refractivity contribution in [3.63, 3.8) is 0 Å². The summed E-state index contributed by atoms with van der Waals surface area (Å²) in [5.74, 6) is -0.0109. The fourth-order valence-electron chi connectivity index (χ4n) is 2.94. The Morgan fingerprint density at radius 3 is 2.25 bits per heavy atom. The summed E-state index contributed by atoms with van der Waals surface area (Å²) in [6.45, 7) is 2.22. The number of ether oxygens (including phenoxy) is 1. The third kappa shape index (κ3) is 8.94. The van der Waals surface area contributed by atoms with Crippen molar-refractivity contribution >= 4 is 10.1 Å². The molecular weight excluding hydrogens is 403 g/mol. The molecule has 0 aliphatic carbocycles. The molecule has 0 saturated heterocycles. The van der Waals surface area contributed by atoms with Crippen LogP contribution in [0.15, 0.2) is 47.4 Å². The number of unbranched alkanes of at least 4 members (excludes halogenated alkanes) is 6. The molecule has 0 unspecified atom stereocenters. The first kappa shape index (κ1) is 25.6. The first-order valence-corrected chi connectivity index (χ1v) is 10.9. The van der Waals surface area contributed by atoms with E-state index < -0.39 is 20.8 Å². The molecule has 1 N–H and O–H groups in total. The van der Waals surface area contributed by atoms with Crippen molar-refractivity contribution in [3.05, 3.63) is 48.0 Å². The molecule has 28 heavy (non-hydrogen) atoms. The summed E-state index contributed by atoms with van der Waals surface area (Å²) < 4.78 is 37.3. The van der Waals surface area contributed by atoms with E-state index in [-0.39, 0.29) is 57.1 Å². The van der Waals surface area contributed by atoms with Crippen LogP contribution in [0, 0.1) is 0 Å². The van der Waals surface area contributed by atoms with Crippen LogP contribution < -0.4 is 61.2 Å². The predicted molar refractivity (Wildman–Crippen MR) is 104 cm³/mol. The zero-order valence-electron chi connectivity index (χ0n) is 16.7. The minimum Gasteiger partial charge on any atom is -0.872 e. The Labute approximate surface area is 210 Å². The van der Waals surface area contributed by atoms with Crippen molar-refractivity contribution in [3.8, 4) is 17.2 Å². The van der Waals surface area contributed by atoms with Crippen LogP contribution in [0.4, 0.5) is 0 Å². The molecular formula is C21H27KO5S. The fraction of sp³-hybridized carbons (Fsp3) is 0.429. The van der Waals surface area contributed by atoms with Crippen LogP contribution >= 0.6 is 0 Å². The Bertz CT molecular complexity index is 836. The van der Waals surface area contributed by atoms with Gasteiger partial charge in [0.2, 0.25) is 0 Å². The number of hydrogen-bond donors (Lipinski definition) is 1. The summed E-state index contributed by atoms with van der Waals surface area (Å²) >= 11 is 0. The minimum absolute atomic E-state index is 0. The number of hydrogen-bond acceptors (Lipinski definition) is 4. The van der Waals surface area contributed by atoms with Gasteiger partial charge in [0.05, 0.1) is 4.90 Å². The van der Waals surface area contributed by atoms with Gasteiger partial charge in [0.25, 0.3) is 10.1 Å². The average molecular weight is 431 g/mol. The molecule has 0 amide bonds. The molecule has 0 atom stereocenters. The molecule has 0 aromatic heterocycles. The molecule has 0 heterocycles. The van der Waals surface area contributed by atoms with E-state index in [0.29, 0.717) is 5.75 Å². The van der Waals surface area contributed by atoms with Crippen LogP contribution in [0.5, 0.6) is 17.2 Å². The van der Waals surface area contributed by atoms with Crippen molar-refractivity contribution in [2.45, 2.75) is 63.2 Å². The molecule has 0 spiro atoms. The molecule has 0 radical (unpaired) electrons. The van der Waals surface area contributed by atoms with Crippen LogP contribution in [0.1, 0.15) is 57.4 Å². The molecule has 0 saturated carbocycles. The maximum atomic E-state index is 11.6. The first-order chi connectivity index (χ1) is 12.9. The Morgan fingerprint density at radius 2 is 1.57 bits per heavy atom. The van der Waals surface area contributed by atoms with E-state index in [9.17, 15) is 13.5 Å². The van der Waals surface area contributed by atoms with Gasteiger partial charge in [0.1, 0.15) is 11.5 Å². The van der Waals surface area contributed by atoms with Crippen LogP contribution in [0.25, 0.3) is 0 Å². The molecule has 2 rings (SSSR count). The van der Waals surface area contributed by atoms with Gasteiger partial charge in [0.15, 0.2) is 0 Å². The van der Waals surface area contributed by atoms with E-state index >= 15 is 0 Å². The first-order valence-electron chi connectivity index (χ1n) is 9.45. The maximum Gasteiger partial charge on any atom is 1.00 e. The molecule has 0 fully saturated rings. The van der Waals surface area contributed by atoms with Gasteiger partial charge >= 0.3 is 51.4 Å². The summed E-state index contributed by atoms with van der Waals surface area (Å²) in [5, 5.41) is 11.6. The molecule has 7 heteroatoms. The molecule has 0 aliphatic rings. The number of rotatable bonds is 11. The Hall–Kier alpha value is -0.414. The fourth-order valence-corrected chi connectivity index (χ4v) is 3.53. The van der Waals surface area contributed by atoms with Crippen LogP contribution in [-0.4, -0.2) is 13.0 Å². The van der Waals surface area contributed by atoms with E-state index in [4.69, 9.17) is 9.29 Å². The Morgan fingerprint density at radius 1 is 0.929 bits per heavy atom. The van der Waals surface area contributed by atoms with Crippen molar-refractivity contribution in [1.82, 2.24) is 0 Å². The quantitative estimate of drug-likeness (QED) is 0.335. The van der Waals surface area contributed by atoms with E-state index in [1.165, 1.54) is 44.6 Å². The normalized spacial score (nSPS) is 11.1. The van der Waals surface area contributed by atoms with Crippen LogP contribution in [-0.2, 0) is 16.5 Å². The van der Waals surface area contributed by atoms with Gasteiger partial charge in [-0.1, -0.05) is 69.4 Å². The molecule has 0 aliphatic heterocycles. The summed E-state index contributed by atoms with van der Waals surface area (Å²) in [6, 6.07) is 11.1. The van der Waals surface area contributed by atoms with Crippen molar-refractivity contribution in [2.75, 3.05) is 0 Å². The van der Waals surface area contributed by atoms with E-state index in [2.05, 4.69) is 6.92 Å². The van der Waals surface area contributed by atoms with E-state index in [1.54, 1.807) is 6.07 Å². The van der Waals surface area contributed by atoms with Gasteiger partial charge < -0.3 is 9.84 Å². The smallest absolute Gasteiger partial charge is 0.872 e. The molecule has 148 valence electrons. The molecule has 2 aromatic rings. The minimum atomic E-state index is -4.57. The van der Waals surface area contributed by atoms with Crippen molar-refractivity contribution < 1.29 is 74.2 Å². The largest absolute Gasteiger partial charge is 1.00 e. The SMILES string of the molecule is CCCCCCCCCc1cccc(Oc2ccc([O-])c(S(=O)(=O)O)c2)c1.[K+]. The number of aryl methyl sites for hydroxylation is 1. The standard InChI is InChI=1S/C21H28O5S.K/c1-2-3-4-5-6-7-8-10-17-11-9-12-18(15-17)26-19-13-14-20(22)21(16-19)27(23,24)25;/h9,11-16,22H,2-8,10H2,1H3,(H,23,24,25);/q;+1/p-1. The van der Waals surface area contributed by atoms with Crippen LogP contribution in [0.3, 0.4) is 0 Å². The van der Waals surface area contributed by atoms with E-state index in [0.717, 1.165) is 30.5 Å². The zero-order valence-corrected chi connectivity index (χ0v) is 20.6. The van der Waals surface area contributed by atoms with E-state index in [1.807, 2.05) is 18.2 Å². The average Bonchev–Trinajstić information content (AvgIpc) is 2.62. The summed E-state index contributed by atoms with van der Waals surface area (Å²) in [6.07, 6.45) is 9.72. The topological polar surface area (TPSA) is 86.7 Å². The van der Waals surface area contributed by atoms with Gasteiger partial charge in [-0.05, 0) is 36.6 Å². The summed E-state index contributed by atoms with van der Waals surface area (Å²) in [4.78, 5) is -0.681. The summed E-state index contributed by atoms with van der Waals surface area (Å²) in [7, 11) is -4.57. The van der Waals surface area contributed by atoms with Crippen molar-refractivity contribution in [1.29, 1.82) is 0 Å². The Balaban J connectivity index is 0.00000392. The third-order valence-corrected chi connectivity index (χ3v) is 5.27. The third-order valence-electron chi connectivity index (χ3n) is 4.40. The van der Waals surface area contributed by atoms with Crippen molar-refractivity contribution in [2.24, 2.45) is 0 Å². The van der Waals surface area contributed by atoms with Gasteiger partial charge in [-0.2, -0.15) is 8.42 Å². The molecule has 0 bridgehead atoms. The second kappa shape index (κ2) is 13.0. The summed E-state index contributed by atoms with van der Waals surface area (Å²) in [5.41, 5.74) is 1.15. The number of benzene rings is 2. The van der Waals surface area contributed by atoms with Crippen LogP contribution in [0.2, 0.25) is 0 Å². The zero-order chi connectivity index (χ0) is 19.7. The predicted octanol–water partition coefficient (Wildman–Crippen LogP) is 2.10. The van der Waals surface area contributed by atoms with Gasteiger partial charge in [-0.25, -0.2) is 0 Å². The van der Waals surface area contributed by atoms with Gasteiger partial charge in [-0.15, -0.1) is 0 Å². The second-order valence-corrected chi connectivity index (χ2v) is 8.09. The Kier molecular flexibility index (Phi) is 11.9. The molecule has 2 aromatic carbocycles. The monoisotopic (exact) mass is 430 g/mol. The second-order valence-electron chi connectivity index (χ2n) is 6.70. The van der Waals surface area contributed by atoms with Gasteiger partial charge in [-0.3, -0.25) is 4.55 Å². The maximum absolute atomic E-state index is 11.6. The van der Waals surface area contributed by atoms with Gasteiger partial charge in [0, 0.05) is 6.07 Å².